The number of carbonyl (C=O) groups excluding carboxylic acids is 1. The molecule has 3 aromatic rings. The summed E-state index contributed by atoms with van der Waals surface area (Å²) >= 11 is 0. The maximum absolute atomic E-state index is 11.9. The summed E-state index contributed by atoms with van der Waals surface area (Å²) in [4.78, 5) is 16.7. The number of carbonyl (C=O) groups is 1. The quantitative estimate of drug-likeness (QED) is 0.579. The van der Waals surface area contributed by atoms with Gasteiger partial charge in [-0.25, -0.2) is 9.78 Å². The van der Waals surface area contributed by atoms with Crippen molar-refractivity contribution in [2.24, 2.45) is 5.92 Å². The number of amides is 2. The predicted molar refractivity (Wildman–Crippen MR) is 116 cm³/mol. The van der Waals surface area contributed by atoms with E-state index in [-0.39, 0.29) is 6.03 Å². The van der Waals surface area contributed by atoms with Crippen LogP contribution in [0.4, 0.5) is 10.5 Å². The van der Waals surface area contributed by atoms with Gasteiger partial charge in [-0.15, -0.1) is 0 Å². The fraction of sp³-hybridized carbons (Fsp3) is 0.391. The number of hydrogen-bond acceptors (Lipinski definition) is 2. The number of rotatable bonds is 8. The van der Waals surface area contributed by atoms with E-state index < -0.39 is 0 Å². The first-order valence-corrected chi connectivity index (χ1v) is 10.1. The number of hydrogen-bond donors (Lipinski definition) is 2. The maximum atomic E-state index is 11.9. The summed E-state index contributed by atoms with van der Waals surface area (Å²) in [5, 5.41) is 5.77. The molecule has 0 atom stereocenters. The van der Waals surface area contributed by atoms with Crippen molar-refractivity contribution in [1.82, 2.24) is 14.9 Å². The van der Waals surface area contributed by atoms with Crippen LogP contribution in [0.15, 0.2) is 48.5 Å². The van der Waals surface area contributed by atoms with E-state index in [1.807, 2.05) is 18.2 Å². The molecule has 28 heavy (non-hydrogen) atoms. The van der Waals surface area contributed by atoms with Gasteiger partial charge in [0.25, 0.3) is 0 Å². The van der Waals surface area contributed by atoms with Gasteiger partial charge in [-0.1, -0.05) is 38.1 Å². The highest BCUT2D eigenvalue weighted by Gasteiger charge is 2.09. The van der Waals surface area contributed by atoms with E-state index in [2.05, 4.69) is 66.3 Å². The fourth-order valence-electron chi connectivity index (χ4n) is 3.33. The zero-order valence-electron chi connectivity index (χ0n) is 17.0. The Hall–Kier alpha value is -2.82. The van der Waals surface area contributed by atoms with Gasteiger partial charge in [0, 0.05) is 25.2 Å². The Morgan fingerprint density at radius 1 is 1.07 bits per heavy atom. The van der Waals surface area contributed by atoms with Crippen LogP contribution in [-0.4, -0.2) is 22.1 Å². The largest absolute Gasteiger partial charge is 0.338 e. The van der Waals surface area contributed by atoms with Gasteiger partial charge in [0.05, 0.1) is 11.0 Å². The number of imidazole rings is 1. The van der Waals surface area contributed by atoms with Crippen molar-refractivity contribution in [1.29, 1.82) is 0 Å². The van der Waals surface area contributed by atoms with Crippen LogP contribution >= 0.6 is 0 Å². The number of fused-ring (bicyclic) bond motifs is 1. The minimum absolute atomic E-state index is 0.148. The summed E-state index contributed by atoms with van der Waals surface area (Å²) in [6.45, 7) is 8.07. The first kappa shape index (κ1) is 19.9. The van der Waals surface area contributed by atoms with Crippen molar-refractivity contribution >= 4 is 22.8 Å². The number of nitrogens with one attached hydrogen (secondary N) is 2. The molecule has 2 amide bonds. The second-order valence-electron chi connectivity index (χ2n) is 7.52. The van der Waals surface area contributed by atoms with E-state index in [4.69, 9.17) is 4.98 Å². The van der Waals surface area contributed by atoms with E-state index in [1.54, 1.807) is 0 Å². The molecule has 0 saturated heterocycles. The lowest BCUT2D eigenvalue weighted by atomic mass is 10.1. The van der Waals surface area contributed by atoms with Crippen molar-refractivity contribution in [3.63, 3.8) is 0 Å². The third-order valence-corrected chi connectivity index (χ3v) is 4.91. The molecule has 5 nitrogen and oxygen atoms in total. The summed E-state index contributed by atoms with van der Waals surface area (Å²) < 4.78 is 2.28. The van der Waals surface area contributed by atoms with E-state index >= 15 is 0 Å². The molecule has 0 aliphatic carbocycles. The number of aromatic nitrogens is 2. The number of anilines is 1. The standard InChI is InChI=1S/C23H30N4O/c1-4-27-21-8-6-5-7-20(21)26-22(27)14-11-18-9-12-19(13-10-18)25-23(28)24-16-15-17(2)3/h5-10,12-13,17H,4,11,14-16H2,1-3H3,(H2,24,25,28). The molecule has 0 unspecified atom stereocenters. The first-order valence-electron chi connectivity index (χ1n) is 10.1. The molecule has 0 aliphatic rings. The summed E-state index contributed by atoms with van der Waals surface area (Å²) in [6, 6.07) is 16.2. The minimum atomic E-state index is -0.148. The lowest BCUT2D eigenvalue weighted by Gasteiger charge is -2.10. The third-order valence-electron chi connectivity index (χ3n) is 4.91. The zero-order chi connectivity index (χ0) is 19.9. The van der Waals surface area contributed by atoms with Crippen LogP contribution < -0.4 is 10.6 Å². The molecule has 1 aromatic heterocycles. The van der Waals surface area contributed by atoms with Gasteiger partial charge in [-0.05, 0) is 55.5 Å². The van der Waals surface area contributed by atoms with Crippen molar-refractivity contribution < 1.29 is 4.79 Å². The van der Waals surface area contributed by atoms with Crippen LogP contribution in [0.25, 0.3) is 11.0 Å². The third kappa shape index (κ3) is 5.12. The smallest absolute Gasteiger partial charge is 0.319 e. The molecule has 0 aliphatic heterocycles. The summed E-state index contributed by atoms with van der Waals surface area (Å²) in [5.74, 6) is 1.70. The van der Waals surface area contributed by atoms with Gasteiger partial charge >= 0.3 is 6.03 Å². The van der Waals surface area contributed by atoms with Crippen LogP contribution in [0.5, 0.6) is 0 Å². The van der Waals surface area contributed by atoms with Crippen molar-refractivity contribution in [3.05, 3.63) is 59.9 Å². The molecular formula is C23H30N4O. The van der Waals surface area contributed by atoms with E-state index in [0.717, 1.165) is 42.8 Å². The molecule has 148 valence electrons. The van der Waals surface area contributed by atoms with Crippen LogP contribution in [0.2, 0.25) is 0 Å². The molecule has 0 fully saturated rings. The molecule has 0 bridgehead atoms. The van der Waals surface area contributed by atoms with Gasteiger partial charge < -0.3 is 15.2 Å². The fourth-order valence-corrected chi connectivity index (χ4v) is 3.33. The lowest BCUT2D eigenvalue weighted by molar-refractivity contribution is 0.251. The van der Waals surface area contributed by atoms with Gasteiger partial charge in [0.1, 0.15) is 5.82 Å². The molecule has 0 saturated carbocycles. The van der Waals surface area contributed by atoms with Gasteiger partial charge in [-0.2, -0.15) is 0 Å². The Kier molecular flexibility index (Phi) is 6.69. The molecule has 0 radical (unpaired) electrons. The van der Waals surface area contributed by atoms with Crippen LogP contribution in [-0.2, 0) is 19.4 Å². The monoisotopic (exact) mass is 378 g/mol. The summed E-state index contributed by atoms with van der Waals surface area (Å²) in [6.07, 6.45) is 2.80. The molecule has 5 heteroatoms. The van der Waals surface area contributed by atoms with E-state index in [0.29, 0.717) is 12.5 Å². The average Bonchev–Trinajstić information content (AvgIpc) is 3.04. The second kappa shape index (κ2) is 9.40. The van der Waals surface area contributed by atoms with Crippen molar-refractivity contribution in [3.8, 4) is 0 Å². The number of benzene rings is 2. The molecule has 2 aromatic carbocycles. The molecular weight excluding hydrogens is 348 g/mol. The SMILES string of the molecule is CCn1c(CCc2ccc(NC(=O)NCCC(C)C)cc2)nc2ccccc21. The van der Waals surface area contributed by atoms with Crippen LogP contribution in [0, 0.1) is 5.92 Å². The number of aryl methyl sites for hydroxylation is 3. The topological polar surface area (TPSA) is 59.0 Å². The second-order valence-corrected chi connectivity index (χ2v) is 7.52. The Morgan fingerprint density at radius 2 is 1.82 bits per heavy atom. The van der Waals surface area contributed by atoms with Gasteiger partial charge in [0.2, 0.25) is 0 Å². The molecule has 3 rings (SSSR count). The molecule has 2 N–H and O–H groups in total. The van der Waals surface area contributed by atoms with Gasteiger partial charge in [-0.3, -0.25) is 0 Å². The summed E-state index contributed by atoms with van der Waals surface area (Å²) in [5.41, 5.74) is 4.30. The maximum Gasteiger partial charge on any atom is 0.319 e. The van der Waals surface area contributed by atoms with Crippen molar-refractivity contribution in [2.45, 2.75) is 46.6 Å². The minimum Gasteiger partial charge on any atom is -0.338 e. The number of urea groups is 1. The average molecular weight is 379 g/mol. The Balaban J connectivity index is 1.55. The number of nitrogens with zero attached hydrogens (tertiary/aromatic N) is 2. The zero-order valence-corrected chi connectivity index (χ0v) is 17.0. The molecule has 0 spiro atoms. The Labute approximate surface area is 167 Å². The van der Waals surface area contributed by atoms with E-state index in [1.165, 1.54) is 11.1 Å². The highest BCUT2D eigenvalue weighted by molar-refractivity contribution is 5.89. The Morgan fingerprint density at radius 3 is 2.54 bits per heavy atom. The van der Waals surface area contributed by atoms with Crippen molar-refractivity contribution in [2.75, 3.05) is 11.9 Å². The van der Waals surface area contributed by atoms with E-state index in [9.17, 15) is 4.79 Å². The first-order chi connectivity index (χ1) is 13.6. The highest BCUT2D eigenvalue weighted by atomic mass is 16.2. The Bertz CT molecular complexity index is 912. The highest BCUT2D eigenvalue weighted by Crippen LogP contribution is 2.18. The molecule has 1 heterocycles. The van der Waals surface area contributed by atoms with Crippen LogP contribution in [0.1, 0.15) is 38.6 Å². The predicted octanol–water partition coefficient (Wildman–Crippen LogP) is 5.01. The van der Waals surface area contributed by atoms with Gasteiger partial charge in [0.15, 0.2) is 0 Å². The van der Waals surface area contributed by atoms with Crippen LogP contribution in [0.3, 0.4) is 0 Å². The summed E-state index contributed by atoms with van der Waals surface area (Å²) in [7, 11) is 0. The normalized spacial score (nSPS) is 11.1. The number of para-hydroxylation sites is 2. The lowest BCUT2D eigenvalue weighted by Crippen LogP contribution is -2.30.